The number of hydrogen-bond donors (Lipinski definition) is 1. The lowest BCUT2D eigenvalue weighted by Gasteiger charge is -2.20. The Bertz CT molecular complexity index is 489. The predicted octanol–water partition coefficient (Wildman–Crippen LogP) is 3.03. The molecule has 5 heteroatoms. The number of halogens is 1. The van der Waals surface area contributed by atoms with E-state index in [2.05, 4.69) is 26.1 Å². The van der Waals surface area contributed by atoms with Crippen molar-refractivity contribution >= 4 is 21.4 Å². The van der Waals surface area contributed by atoms with Crippen LogP contribution in [0.1, 0.15) is 32.8 Å². The lowest BCUT2D eigenvalue weighted by atomic mass is 10.1. The number of hydrogen-bond acceptors (Lipinski definition) is 3. The molecule has 0 amide bonds. The topological polar surface area (TPSA) is 46.2 Å². The molecule has 0 atom stereocenters. The Kier molecular flexibility index (Phi) is 5.83. The van der Waals surface area contributed by atoms with Gasteiger partial charge in [0.05, 0.1) is 11.5 Å². The normalized spacial score (nSPS) is 12.6. The van der Waals surface area contributed by atoms with Crippen LogP contribution >= 0.6 is 11.6 Å². The molecule has 0 bridgehead atoms. The van der Waals surface area contributed by atoms with E-state index in [-0.39, 0.29) is 17.0 Å². The van der Waals surface area contributed by atoms with Gasteiger partial charge in [0.1, 0.15) is 0 Å². The van der Waals surface area contributed by atoms with Crippen LogP contribution in [0.3, 0.4) is 0 Å². The minimum absolute atomic E-state index is 0.0277. The number of benzene rings is 1. The van der Waals surface area contributed by atoms with Crippen LogP contribution in [-0.4, -0.2) is 26.3 Å². The number of rotatable bonds is 6. The Hall–Kier alpha value is -0.580. The van der Waals surface area contributed by atoms with Crippen LogP contribution in [0.4, 0.5) is 0 Å². The molecule has 0 fully saturated rings. The SMILES string of the molecule is CC(C)(C)NCCCS(=O)(=O)Cc1ccc(Cl)cc1. The molecule has 0 unspecified atom stereocenters. The molecule has 0 saturated carbocycles. The number of sulfone groups is 1. The highest BCUT2D eigenvalue weighted by Gasteiger charge is 2.13. The van der Waals surface area contributed by atoms with Gasteiger partial charge < -0.3 is 5.32 Å². The zero-order chi connectivity index (χ0) is 14.5. The molecule has 1 aromatic rings. The van der Waals surface area contributed by atoms with Crippen molar-refractivity contribution in [2.75, 3.05) is 12.3 Å². The van der Waals surface area contributed by atoms with Gasteiger partial charge in [0.2, 0.25) is 0 Å². The van der Waals surface area contributed by atoms with Crippen molar-refractivity contribution in [1.82, 2.24) is 5.32 Å². The average Bonchev–Trinajstić information content (AvgIpc) is 2.26. The Morgan fingerprint density at radius 2 is 1.74 bits per heavy atom. The minimum Gasteiger partial charge on any atom is -0.312 e. The summed E-state index contributed by atoms with van der Waals surface area (Å²) in [6, 6.07) is 6.95. The van der Waals surface area contributed by atoms with Gasteiger partial charge in [0.15, 0.2) is 9.84 Å². The van der Waals surface area contributed by atoms with Crippen molar-refractivity contribution in [1.29, 1.82) is 0 Å². The fourth-order valence-corrected chi connectivity index (χ4v) is 3.22. The van der Waals surface area contributed by atoms with Gasteiger partial charge in [-0.05, 0) is 51.4 Å². The maximum atomic E-state index is 11.9. The van der Waals surface area contributed by atoms with Gasteiger partial charge in [-0.25, -0.2) is 8.42 Å². The van der Waals surface area contributed by atoms with Gasteiger partial charge in [-0.15, -0.1) is 0 Å². The molecular formula is C14H22ClNO2S. The molecular weight excluding hydrogens is 282 g/mol. The summed E-state index contributed by atoms with van der Waals surface area (Å²) >= 11 is 5.77. The lowest BCUT2D eigenvalue weighted by molar-refractivity contribution is 0.426. The van der Waals surface area contributed by atoms with E-state index in [4.69, 9.17) is 11.6 Å². The van der Waals surface area contributed by atoms with E-state index in [0.29, 0.717) is 18.0 Å². The smallest absolute Gasteiger partial charge is 0.154 e. The van der Waals surface area contributed by atoms with Crippen molar-refractivity contribution < 1.29 is 8.42 Å². The van der Waals surface area contributed by atoms with Crippen LogP contribution < -0.4 is 5.32 Å². The lowest BCUT2D eigenvalue weighted by Crippen LogP contribution is -2.37. The average molecular weight is 304 g/mol. The molecule has 0 aliphatic heterocycles. The summed E-state index contributed by atoms with van der Waals surface area (Å²) < 4.78 is 23.9. The van der Waals surface area contributed by atoms with E-state index in [1.807, 2.05) is 0 Å². The van der Waals surface area contributed by atoms with E-state index in [1.54, 1.807) is 24.3 Å². The van der Waals surface area contributed by atoms with E-state index >= 15 is 0 Å². The summed E-state index contributed by atoms with van der Waals surface area (Å²) in [5.41, 5.74) is 0.813. The van der Waals surface area contributed by atoms with Gasteiger partial charge in [0.25, 0.3) is 0 Å². The first-order valence-electron chi connectivity index (χ1n) is 6.38. The van der Waals surface area contributed by atoms with Crippen LogP contribution in [0.5, 0.6) is 0 Å². The Morgan fingerprint density at radius 1 is 1.16 bits per heavy atom. The van der Waals surface area contributed by atoms with Crippen LogP contribution in [0.25, 0.3) is 0 Å². The highest BCUT2D eigenvalue weighted by Crippen LogP contribution is 2.12. The third-order valence-electron chi connectivity index (χ3n) is 2.59. The highest BCUT2D eigenvalue weighted by atomic mass is 35.5. The summed E-state index contributed by atoms with van der Waals surface area (Å²) in [7, 11) is -3.05. The maximum absolute atomic E-state index is 11.9. The largest absolute Gasteiger partial charge is 0.312 e. The Balaban J connectivity index is 2.42. The first-order valence-corrected chi connectivity index (χ1v) is 8.58. The maximum Gasteiger partial charge on any atom is 0.154 e. The fraction of sp³-hybridized carbons (Fsp3) is 0.571. The summed E-state index contributed by atoms with van der Waals surface area (Å²) in [4.78, 5) is 0. The molecule has 0 spiro atoms. The van der Waals surface area contributed by atoms with Crippen LogP contribution in [0.2, 0.25) is 5.02 Å². The summed E-state index contributed by atoms with van der Waals surface area (Å²) in [5.74, 6) is 0.290. The van der Waals surface area contributed by atoms with E-state index in [0.717, 1.165) is 5.56 Å². The molecule has 0 aliphatic rings. The summed E-state index contributed by atoms with van der Waals surface area (Å²) in [5, 5.41) is 3.90. The Morgan fingerprint density at radius 3 is 2.26 bits per heavy atom. The monoisotopic (exact) mass is 303 g/mol. The molecule has 0 saturated heterocycles. The van der Waals surface area contributed by atoms with Crippen molar-refractivity contribution in [2.45, 2.75) is 38.5 Å². The zero-order valence-electron chi connectivity index (χ0n) is 11.7. The van der Waals surface area contributed by atoms with E-state index < -0.39 is 9.84 Å². The van der Waals surface area contributed by atoms with Crippen LogP contribution in [0, 0.1) is 0 Å². The molecule has 1 N–H and O–H groups in total. The van der Waals surface area contributed by atoms with Gasteiger partial charge in [-0.2, -0.15) is 0 Å². The van der Waals surface area contributed by atoms with Crippen molar-refractivity contribution in [2.24, 2.45) is 0 Å². The fourth-order valence-electron chi connectivity index (χ4n) is 1.66. The van der Waals surface area contributed by atoms with Crippen molar-refractivity contribution in [3.05, 3.63) is 34.9 Å². The third kappa shape index (κ3) is 7.55. The standard InChI is InChI=1S/C14H22ClNO2S/c1-14(2,3)16-9-4-10-19(17,18)11-12-5-7-13(15)8-6-12/h5-8,16H,4,9-11H2,1-3H3. The van der Waals surface area contributed by atoms with E-state index in [9.17, 15) is 8.42 Å². The molecule has 0 aliphatic carbocycles. The van der Waals surface area contributed by atoms with Gasteiger partial charge in [-0.3, -0.25) is 0 Å². The van der Waals surface area contributed by atoms with Crippen molar-refractivity contribution in [3.63, 3.8) is 0 Å². The van der Waals surface area contributed by atoms with Crippen LogP contribution in [-0.2, 0) is 15.6 Å². The Labute approximate surface area is 121 Å². The van der Waals surface area contributed by atoms with Gasteiger partial charge in [0, 0.05) is 10.6 Å². The van der Waals surface area contributed by atoms with Gasteiger partial charge >= 0.3 is 0 Å². The quantitative estimate of drug-likeness (QED) is 0.822. The first kappa shape index (κ1) is 16.5. The van der Waals surface area contributed by atoms with Gasteiger partial charge in [-0.1, -0.05) is 23.7 Å². The third-order valence-corrected chi connectivity index (χ3v) is 4.52. The molecule has 1 aromatic carbocycles. The molecule has 0 heterocycles. The molecule has 108 valence electrons. The van der Waals surface area contributed by atoms with Crippen LogP contribution in [0.15, 0.2) is 24.3 Å². The summed E-state index contributed by atoms with van der Waals surface area (Å²) in [6.45, 7) is 6.91. The van der Waals surface area contributed by atoms with E-state index in [1.165, 1.54) is 0 Å². The van der Waals surface area contributed by atoms with Crippen molar-refractivity contribution in [3.8, 4) is 0 Å². The summed E-state index contributed by atoms with van der Waals surface area (Å²) in [6.07, 6.45) is 0.632. The first-order chi connectivity index (χ1) is 8.68. The molecule has 0 aromatic heterocycles. The second-order valence-electron chi connectivity index (χ2n) is 5.75. The molecule has 0 radical (unpaired) electrons. The second-order valence-corrected chi connectivity index (χ2v) is 8.37. The molecule has 19 heavy (non-hydrogen) atoms. The number of nitrogens with one attached hydrogen (secondary N) is 1. The molecule has 3 nitrogen and oxygen atoms in total. The second kappa shape index (κ2) is 6.73. The zero-order valence-corrected chi connectivity index (χ0v) is 13.3. The predicted molar refractivity (Wildman–Crippen MR) is 81.3 cm³/mol. The minimum atomic E-state index is -3.05. The highest BCUT2D eigenvalue weighted by molar-refractivity contribution is 7.90. The molecule has 1 rings (SSSR count).